The molecule has 2 rings (SSSR count). The summed E-state index contributed by atoms with van der Waals surface area (Å²) in [6.07, 6.45) is 0. The Morgan fingerprint density at radius 3 is 2.82 bits per heavy atom. The highest BCUT2D eigenvalue weighted by Crippen LogP contribution is 2.06. The molecule has 0 aliphatic heterocycles. The van der Waals surface area contributed by atoms with Crippen LogP contribution in [-0.4, -0.2) is 36.7 Å². The number of amides is 1. The van der Waals surface area contributed by atoms with Gasteiger partial charge in [-0.1, -0.05) is 16.8 Å². The van der Waals surface area contributed by atoms with Crippen molar-refractivity contribution < 1.29 is 4.79 Å². The Hall–Kier alpha value is -2.09. The number of nitrogens with zero attached hydrogens (tertiary/aromatic N) is 5. The molecule has 0 bridgehead atoms. The molecule has 17 heavy (non-hydrogen) atoms. The van der Waals surface area contributed by atoms with Crippen molar-refractivity contribution in [1.82, 2.24) is 36.1 Å². The quantitative estimate of drug-likeness (QED) is 0.805. The third kappa shape index (κ3) is 2.72. The molecule has 8 nitrogen and oxygen atoms in total. The van der Waals surface area contributed by atoms with E-state index in [1.807, 2.05) is 0 Å². The minimum atomic E-state index is -0.383. The maximum atomic E-state index is 11.7. The number of nitrogens with one attached hydrogen (secondary N) is 2. The fourth-order valence-corrected chi connectivity index (χ4v) is 1.23. The number of H-pyrrole nitrogens is 1. The van der Waals surface area contributed by atoms with Crippen LogP contribution >= 0.6 is 11.6 Å². The average molecular weight is 254 g/mol. The van der Waals surface area contributed by atoms with E-state index in [4.69, 9.17) is 11.6 Å². The molecular formula is C8H8ClN7O. The Bertz CT molecular complexity index is 497. The van der Waals surface area contributed by atoms with Gasteiger partial charge in [-0.25, -0.2) is 0 Å². The summed E-state index contributed by atoms with van der Waals surface area (Å²) in [4.78, 5) is 11.7. The third-order valence-electron chi connectivity index (χ3n) is 1.96. The molecular weight excluding hydrogens is 246 g/mol. The zero-order valence-electron chi connectivity index (χ0n) is 8.75. The van der Waals surface area contributed by atoms with Gasteiger partial charge in [0.25, 0.3) is 5.91 Å². The number of carbonyl (C=O) groups excluding carboxylic acids is 1. The summed E-state index contributed by atoms with van der Waals surface area (Å²) < 4.78 is 0. The van der Waals surface area contributed by atoms with Crippen molar-refractivity contribution in [2.24, 2.45) is 0 Å². The number of aromatic amines is 1. The fraction of sp³-hybridized carbons (Fsp3) is 0.250. The molecule has 0 saturated heterocycles. The zero-order valence-corrected chi connectivity index (χ0v) is 9.51. The maximum Gasteiger partial charge on any atom is 0.272 e. The van der Waals surface area contributed by atoms with Gasteiger partial charge in [0.15, 0.2) is 16.7 Å². The van der Waals surface area contributed by atoms with E-state index in [0.29, 0.717) is 5.82 Å². The lowest BCUT2D eigenvalue weighted by Crippen LogP contribution is -2.28. The largest absolute Gasteiger partial charge is 0.341 e. The second kappa shape index (κ2) is 4.83. The molecule has 0 radical (unpaired) electrons. The van der Waals surface area contributed by atoms with Gasteiger partial charge in [-0.15, -0.1) is 20.4 Å². The smallest absolute Gasteiger partial charge is 0.272 e. The van der Waals surface area contributed by atoms with Crippen LogP contribution in [0.25, 0.3) is 0 Å². The highest BCUT2D eigenvalue weighted by atomic mass is 35.5. The summed E-state index contributed by atoms with van der Waals surface area (Å²) in [6, 6.07) is 2.59. The van der Waals surface area contributed by atoms with Gasteiger partial charge in [0.05, 0.1) is 6.04 Å². The van der Waals surface area contributed by atoms with Crippen LogP contribution in [0.15, 0.2) is 12.1 Å². The first-order chi connectivity index (χ1) is 8.16. The Morgan fingerprint density at radius 2 is 2.24 bits per heavy atom. The zero-order chi connectivity index (χ0) is 12.3. The van der Waals surface area contributed by atoms with Crippen molar-refractivity contribution in [3.63, 3.8) is 0 Å². The summed E-state index contributed by atoms with van der Waals surface area (Å²) in [6.45, 7) is 1.73. The SMILES string of the molecule is CC(NC(=O)c1ccc(Cl)nn1)c1nn[nH]n1. The first-order valence-corrected chi connectivity index (χ1v) is 5.08. The fourth-order valence-electron chi connectivity index (χ4n) is 1.13. The molecule has 0 aromatic carbocycles. The highest BCUT2D eigenvalue weighted by Gasteiger charge is 2.15. The van der Waals surface area contributed by atoms with E-state index in [-0.39, 0.29) is 22.8 Å². The van der Waals surface area contributed by atoms with Gasteiger partial charge >= 0.3 is 0 Å². The topological polar surface area (TPSA) is 109 Å². The van der Waals surface area contributed by atoms with E-state index in [1.54, 1.807) is 6.92 Å². The molecule has 1 unspecified atom stereocenters. The minimum Gasteiger partial charge on any atom is -0.341 e. The van der Waals surface area contributed by atoms with Crippen molar-refractivity contribution in [3.8, 4) is 0 Å². The van der Waals surface area contributed by atoms with Gasteiger partial charge in [-0.05, 0) is 19.1 Å². The Labute approximate surface area is 101 Å². The molecule has 2 aromatic rings. The minimum absolute atomic E-state index is 0.171. The Kier molecular flexibility index (Phi) is 3.24. The van der Waals surface area contributed by atoms with E-state index >= 15 is 0 Å². The molecule has 0 aliphatic carbocycles. The van der Waals surface area contributed by atoms with E-state index < -0.39 is 0 Å². The lowest BCUT2D eigenvalue weighted by atomic mass is 10.3. The van der Waals surface area contributed by atoms with Crippen LogP contribution in [0.4, 0.5) is 0 Å². The summed E-state index contributed by atoms with van der Waals surface area (Å²) in [5.41, 5.74) is 0.171. The van der Waals surface area contributed by atoms with Crippen LogP contribution < -0.4 is 5.32 Å². The number of hydrogen-bond acceptors (Lipinski definition) is 6. The Morgan fingerprint density at radius 1 is 1.41 bits per heavy atom. The highest BCUT2D eigenvalue weighted by molar-refractivity contribution is 6.29. The molecule has 2 N–H and O–H groups in total. The Balaban J connectivity index is 2.04. The molecule has 0 fully saturated rings. The van der Waals surface area contributed by atoms with Gasteiger partial charge in [0.1, 0.15) is 0 Å². The summed E-state index contributed by atoms with van der Waals surface area (Å²) in [7, 11) is 0. The standard InChI is InChI=1S/C8H8ClN7O/c1-4(7-13-15-16-14-7)10-8(17)5-2-3-6(9)12-11-5/h2-4H,1H3,(H,10,17)(H,13,14,15,16). The van der Waals surface area contributed by atoms with Crippen LogP contribution in [0.5, 0.6) is 0 Å². The summed E-state index contributed by atoms with van der Waals surface area (Å²) in [5.74, 6) is 0.00624. The molecule has 2 aromatic heterocycles. The number of rotatable bonds is 3. The van der Waals surface area contributed by atoms with Gasteiger partial charge in [0.2, 0.25) is 0 Å². The van der Waals surface area contributed by atoms with Crippen LogP contribution in [-0.2, 0) is 0 Å². The monoisotopic (exact) mass is 253 g/mol. The van der Waals surface area contributed by atoms with Gasteiger partial charge < -0.3 is 5.32 Å². The molecule has 0 aliphatic rings. The van der Waals surface area contributed by atoms with Crippen molar-refractivity contribution in [1.29, 1.82) is 0 Å². The molecule has 88 valence electrons. The summed E-state index contributed by atoms with van der Waals surface area (Å²) in [5, 5.41) is 23.3. The lowest BCUT2D eigenvalue weighted by Gasteiger charge is -2.08. The lowest BCUT2D eigenvalue weighted by molar-refractivity contribution is 0.0932. The maximum absolute atomic E-state index is 11.7. The summed E-state index contributed by atoms with van der Waals surface area (Å²) >= 11 is 5.57. The normalized spacial score (nSPS) is 12.1. The van der Waals surface area contributed by atoms with Crippen LogP contribution in [0, 0.1) is 0 Å². The second-order valence-electron chi connectivity index (χ2n) is 3.21. The van der Waals surface area contributed by atoms with E-state index in [1.165, 1.54) is 12.1 Å². The van der Waals surface area contributed by atoms with Gasteiger partial charge in [-0.2, -0.15) is 5.21 Å². The van der Waals surface area contributed by atoms with E-state index in [9.17, 15) is 4.79 Å². The number of halogens is 1. The second-order valence-corrected chi connectivity index (χ2v) is 3.59. The predicted molar refractivity (Wildman–Crippen MR) is 57.1 cm³/mol. The number of hydrogen-bond donors (Lipinski definition) is 2. The molecule has 1 amide bonds. The third-order valence-corrected chi connectivity index (χ3v) is 2.16. The van der Waals surface area contributed by atoms with Gasteiger partial charge in [-0.3, -0.25) is 4.79 Å². The predicted octanol–water partition coefficient (Wildman–Crippen LogP) is 0.134. The molecule has 1 atom stereocenters. The number of aromatic nitrogens is 6. The molecule has 0 spiro atoms. The van der Waals surface area contributed by atoms with Crippen molar-refractivity contribution in [2.75, 3.05) is 0 Å². The van der Waals surface area contributed by atoms with Crippen molar-refractivity contribution >= 4 is 17.5 Å². The van der Waals surface area contributed by atoms with Crippen molar-refractivity contribution in [3.05, 3.63) is 28.8 Å². The first kappa shape index (κ1) is 11.4. The molecule has 0 saturated carbocycles. The van der Waals surface area contributed by atoms with Crippen LogP contribution in [0.2, 0.25) is 5.15 Å². The molecule has 9 heteroatoms. The average Bonchev–Trinajstić information content (AvgIpc) is 2.83. The van der Waals surface area contributed by atoms with E-state index in [2.05, 4.69) is 36.1 Å². The van der Waals surface area contributed by atoms with Gasteiger partial charge in [0, 0.05) is 0 Å². The first-order valence-electron chi connectivity index (χ1n) is 4.70. The van der Waals surface area contributed by atoms with Crippen molar-refractivity contribution in [2.45, 2.75) is 13.0 Å². The molecule has 2 heterocycles. The number of carbonyl (C=O) groups is 1. The van der Waals surface area contributed by atoms with E-state index in [0.717, 1.165) is 0 Å². The van der Waals surface area contributed by atoms with Crippen LogP contribution in [0.1, 0.15) is 29.3 Å². The number of tetrazole rings is 1. The van der Waals surface area contributed by atoms with Crippen LogP contribution in [0.3, 0.4) is 0 Å².